The molecular formula is C11H15N3S3. The molecular weight excluding hydrogens is 270 g/mol. The minimum atomic E-state index is 0.620. The molecule has 17 heavy (non-hydrogen) atoms. The number of nitrogens with zero attached hydrogens (tertiary/aromatic N) is 2. The SMILES string of the molecule is CCCSCc1nc(C)c(-c2csc(N)n2)s1. The lowest BCUT2D eigenvalue weighted by Gasteiger charge is -1.93. The number of hydrogen-bond donors (Lipinski definition) is 1. The third kappa shape index (κ3) is 3.20. The topological polar surface area (TPSA) is 51.8 Å². The molecule has 0 radical (unpaired) electrons. The number of thioether (sulfide) groups is 1. The lowest BCUT2D eigenvalue weighted by molar-refractivity contribution is 1.10. The number of aromatic nitrogens is 2. The number of nitrogens with two attached hydrogens (primary N) is 1. The normalized spacial score (nSPS) is 10.9. The van der Waals surface area contributed by atoms with Crippen molar-refractivity contribution in [1.29, 1.82) is 0 Å². The fraction of sp³-hybridized carbons (Fsp3) is 0.455. The van der Waals surface area contributed by atoms with E-state index in [0.717, 1.165) is 22.0 Å². The maximum atomic E-state index is 5.66. The molecule has 2 rings (SSSR count). The third-order valence-corrected chi connectivity index (χ3v) is 5.38. The molecule has 2 aromatic heterocycles. The predicted molar refractivity (Wildman–Crippen MR) is 78.8 cm³/mol. The lowest BCUT2D eigenvalue weighted by atomic mass is 10.3. The number of nitrogen functional groups attached to an aromatic ring is 1. The van der Waals surface area contributed by atoms with Crippen LogP contribution in [0.2, 0.25) is 0 Å². The van der Waals surface area contributed by atoms with Crippen LogP contribution in [0.15, 0.2) is 5.38 Å². The van der Waals surface area contributed by atoms with Crippen LogP contribution in [-0.2, 0) is 5.75 Å². The molecule has 0 aromatic carbocycles. The van der Waals surface area contributed by atoms with Crippen LogP contribution in [0.1, 0.15) is 24.0 Å². The monoisotopic (exact) mass is 285 g/mol. The summed E-state index contributed by atoms with van der Waals surface area (Å²) in [6, 6.07) is 0. The van der Waals surface area contributed by atoms with Gasteiger partial charge in [0.05, 0.1) is 16.3 Å². The molecule has 0 saturated heterocycles. The molecule has 92 valence electrons. The first-order valence-corrected chi connectivity index (χ1v) is 8.31. The zero-order valence-electron chi connectivity index (χ0n) is 9.90. The Morgan fingerprint density at radius 1 is 1.41 bits per heavy atom. The number of hydrogen-bond acceptors (Lipinski definition) is 6. The van der Waals surface area contributed by atoms with Gasteiger partial charge in [-0.1, -0.05) is 6.92 Å². The number of thiazole rings is 2. The summed E-state index contributed by atoms with van der Waals surface area (Å²) in [5.41, 5.74) is 7.69. The van der Waals surface area contributed by atoms with Crippen LogP contribution in [-0.4, -0.2) is 15.7 Å². The summed E-state index contributed by atoms with van der Waals surface area (Å²) >= 11 is 5.15. The molecule has 0 fully saturated rings. The standard InChI is InChI=1S/C11H15N3S3/c1-3-4-15-6-9-13-7(2)10(17-9)8-5-16-11(12)14-8/h5H,3-4,6H2,1-2H3,(H2,12,14). The van der Waals surface area contributed by atoms with E-state index >= 15 is 0 Å². The van der Waals surface area contributed by atoms with E-state index in [1.165, 1.54) is 28.5 Å². The maximum Gasteiger partial charge on any atom is 0.180 e. The van der Waals surface area contributed by atoms with E-state index in [1.807, 2.05) is 24.1 Å². The second kappa shape index (κ2) is 5.84. The van der Waals surface area contributed by atoms with E-state index in [-0.39, 0.29) is 0 Å². The molecule has 6 heteroatoms. The maximum absolute atomic E-state index is 5.66. The molecule has 0 amide bonds. The molecule has 0 atom stereocenters. The van der Waals surface area contributed by atoms with Crippen molar-refractivity contribution in [2.24, 2.45) is 0 Å². The number of aryl methyl sites for hydroxylation is 1. The largest absolute Gasteiger partial charge is 0.375 e. The van der Waals surface area contributed by atoms with Gasteiger partial charge in [-0.25, -0.2) is 9.97 Å². The Bertz CT molecular complexity index is 490. The van der Waals surface area contributed by atoms with Crippen LogP contribution in [0.5, 0.6) is 0 Å². The minimum Gasteiger partial charge on any atom is -0.375 e. The van der Waals surface area contributed by atoms with E-state index in [1.54, 1.807) is 11.3 Å². The summed E-state index contributed by atoms with van der Waals surface area (Å²) in [4.78, 5) is 10.1. The van der Waals surface area contributed by atoms with E-state index in [0.29, 0.717) is 5.13 Å². The summed E-state index contributed by atoms with van der Waals surface area (Å²) in [6.07, 6.45) is 1.21. The fourth-order valence-electron chi connectivity index (χ4n) is 1.45. The van der Waals surface area contributed by atoms with Crippen molar-refractivity contribution in [2.75, 3.05) is 11.5 Å². The van der Waals surface area contributed by atoms with Gasteiger partial charge in [-0.2, -0.15) is 11.8 Å². The van der Waals surface area contributed by atoms with Gasteiger partial charge in [0.1, 0.15) is 5.01 Å². The van der Waals surface area contributed by atoms with E-state index < -0.39 is 0 Å². The van der Waals surface area contributed by atoms with Crippen molar-refractivity contribution < 1.29 is 0 Å². The van der Waals surface area contributed by atoms with Crippen molar-refractivity contribution in [3.8, 4) is 10.6 Å². The van der Waals surface area contributed by atoms with Crippen LogP contribution in [0.25, 0.3) is 10.6 Å². The summed E-state index contributed by atoms with van der Waals surface area (Å²) < 4.78 is 0. The van der Waals surface area contributed by atoms with Crippen molar-refractivity contribution in [1.82, 2.24) is 9.97 Å². The molecule has 2 aromatic rings. The highest BCUT2D eigenvalue weighted by molar-refractivity contribution is 7.98. The van der Waals surface area contributed by atoms with E-state index in [2.05, 4.69) is 16.9 Å². The van der Waals surface area contributed by atoms with Crippen molar-refractivity contribution in [3.63, 3.8) is 0 Å². The Balaban J connectivity index is 2.13. The molecule has 0 saturated carbocycles. The average Bonchev–Trinajstić information content (AvgIpc) is 2.85. The zero-order chi connectivity index (χ0) is 12.3. The first kappa shape index (κ1) is 12.9. The summed E-state index contributed by atoms with van der Waals surface area (Å²) in [6.45, 7) is 4.24. The number of rotatable bonds is 5. The second-order valence-corrected chi connectivity index (χ2v) is 6.72. The molecule has 0 bridgehead atoms. The lowest BCUT2D eigenvalue weighted by Crippen LogP contribution is -1.83. The van der Waals surface area contributed by atoms with E-state index in [9.17, 15) is 0 Å². The highest BCUT2D eigenvalue weighted by atomic mass is 32.2. The van der Waals surface area contributed by atoms with Crippen LogP contribution >= 0.6 is 34.4 Å². The van der Waals surface area contributed by atoms with Gasteiger partial charge < -0.3 is 5.73 Å². The van der Waals surface area contributed by atoms with Gasteiger partial charge in [-0.05, 0) is 19.1 Å². The predicted octanol–water partition coefficient (Wildman–Crippen LogP) is 3.80. The highest BCUT2D eigenvalue weighted by Crippen LogP contribution is 2.32. The quantitative estimate of drug-likeness (QED) is 0.849. The molecule has 0 spiro atoms. The Kier molecular flexibility index (Phi) is 4.42. The van der Waals surface area contributed by atoms with Gasteiger partial charge in [0.25, 0.3) is 0 Å². The van der Waals surface area contributed by atoms with Gasteiger partial charge in [-0.3, -0.25) is 0 Å². The van der Waals surface area contributed by atoms with Crippen molar-refractivity contribution >= 4 is 39.6 Å². The fourth-order valence-corrected chi connectivity index (χ4v) is 4.05. The summed E-state index contributed by atoms with van der Waals surface area (Å²) in [7, 11) is 0. The molecule has 2 heterocycles. The summed E-state index contributed by atoms with van der Waals surface area (Å²) in [5, 5.41) is 3.80. The summed E-state index contributed by atoms with van der Waals surface area (Å²) in [5.74, 6) is 2.19. The Morgan fingerprint density at radius 2 is 2.24 bits per heavy atom. The van der Waals surface area contributed by atoms with E-state index in [4.69, 9.17) is 5.73 Å². The van der Waals surface area contributed by atoms with Gasteiger partial charge in [0.15, 0.2) is 5.13 Å². The Morgan fingerprint density at radius 3 is 2.88 bits per heavy atom. The Labute approximate surface area is 113 Å². The zero-order valence-corrected chi connectivity index (χ0v) is 12.3. The minimum absolute atomic E-state index is 0.620. The van der Waals surface area contributed by atoms with Crippen LogP contribution < -0.4 is 5.73 Å². The molecule has 2 N–H and O–H groups in total. The highest BCUT2D eigenvalue weighted by Gasteiger charge is 2.12. The molecule has 3 nitrogen and oxygen atoms in total. The first-order valence-electron chi connectivity index (χ1n) is 5.46. The molecule has 0 aliphatic rings. The van der Waals surface area contributed by atoms with Crippen molar-refractivity contribution in [3.05, 3.63) is 16.1 Å². The molecule has 0 unspecified atom stereocenters. The van der Waals surface area contributed by atoms with Crippen molar-refractivity contribution in [2.45, 2.75) is 26.0 Å². The molecule has 0 aliphatic carbocycles. The average molecular weight is 285 g/mol. The second-order valence-electron chi connectivity index (χ2n) is 3.65. The van der Waals surface area contributed by atoms with Crippen LogP contribution in [0.3, 0.4) is 0 Å². The number of anilines is 1. The van der Waals surface area contributed by atoms with Crippen LogP contribution in [0, 0.1) is 6.92 Å². The Hall–Kier alpha value is -0.590. The van der Waals surface area contributed by atoms with Gasteiger partial charge in [0.2, 0.25) is 0 Å². The third-order valence-electron chi connectivity index (χ3n) is 2.17. The van der Waals surface area contributed by atoms with Gasteiger partial charge in [-0.15, -0.1) is 22.7 Å². The smallest absolute Gasteiger partial charge is 0.180 e. The van der Waals surface area contributed by atoms with Gasteiger partial charge in [0, 0.05) is 11.1 Å². The van der Waals surface area contributed by atoms with Crippen LogP contribution in [0.4, 0.5) is 5.13 Å². The van der Waals surface area contributed by atoms with Gasteiger partial charge >= 0.3 is 0 Å². The molecule has 0 aliphatic heterocycles. The first-order chi connectivity index (χ1) is 8.20.